The number of aromatic nitrogens is 1. The van der Waals surface area contributed by atoms with Gasteiger partial charge in [0, 0.05) is 30.4 Å². The lowest BCUT2D eigenvalue weighted by Gasteiger charge is -2.11. The predicted molar refractivity (Wildman–Crippen MR) is 71.6 cm³/mol. The molecule has 1 unspecified atom stereocenters. The van der Waals surface area contributed by atoms with Crippen LogP contribution in [0, 0.1) is 0 Å². The van der Waals surface area contributed by atoms with Crippen LogP contribution >= 0.6 is 0 Å². The largest absolute Gasteiger partial charge is 0.352 e. The Hall–Kier alpha value is -1.58. The van der Waals surface area contributed by atoms with Crippen molar-refractivity contribution in [2.24, 2.45) is 0 Å². The number of hydrogen-bond donors (Lipinski definition) is 1. The summed E-state index contributed by atoms with van der Waals surface area (Å²) in [6.45, 7) is 6.25. The van der Waals surface area contributed by atoms with Crippen molar-refractivity contribution in [3.63, 3.8) is 0 Å². The van der Waals surface area contributed by atoms with Crippen LogP contribution in [0.4, 0.5) is 0 Å². The maximum atomic E-state index is 11.7. The van der Waals surface area contributed by atoms with Gasteiger partial charge in [-0.2, -0.15) is 0 Å². The van der Waals surface area contributed by atoms with Gasteiger partial charge in [-0.05, 0) is 25.8 Å². The Kier molecular flexibility index (Phi) is 5.62. The van der Waals surface area contributed by atoms with Crippen molar-refractivity contribution >= 4 is 11.7 Å². The van der Waals surface area contributed by atoms with Gasteiger partial charge in [0.1, 0.15) is 6.54 Å². The molecule has 18 heavy (non-hydrogen) atoms. The molecule has 0 aliphatic carbocycles. The van der Waals surface area contributed by atoms with Crippen LogP contribution in [0.3, 0.4) is 0 Å². The van der Waals surface area contributed by atoms with E-state index in [1.54, 1.807) is 23.0 Å². The average Bonchev–Trinajstić information content (AvgIpc) is 2.77. The van der Waals surface area contributed by atoms with E-state index in [4.69, 9.17) is 0 Å². The number of carbonyl (C=O) groups is 2. The summed E-state index contributed by atoms with van der Waals surface area (Å²) >= 11 is 0. The molecule has 0 saturated heterocycles. The molecule has 4 heteroatoms. The standard InChI is InChI=1S/C14H22N2O2/c1-4-6-13(17)12-7-8-16(9-12)10-14(18)15-11(3)5-2/h7-9,11H,4-6,10H2,1-3H3,(H,15,18). The second-order valence-electron chi connectivity index (χ2n) is 4.62. The third kappa shape index (κ3) is 4.35. The highest BCUT2D eigenvalue weighted by molar-refractivity contribution is 5.95. The Bertz CT molecular complexity index is 410. The van der Waals surface area contributed by atoms with E-state index < -0.39 is 0 Å². The van der Waals surface area contributed by atoms with Gasteiger partial charge in [-0.25, -0.2) is 0 Å². The molecular formula is C14H22N2O2. The highest BCUT2D eigenvalue weighted by Crippen LogP contribution is 2.06. The average molecular weight is 250 g/mol. The summed E-state index contributed by atoms with van der Waals surface area (Å²) in [4.78, 5) is 23.3. The lowest BCUT2D eigenvalue weighted by atomic mass is 10.1. The van der Waals surface area contributed by atoms with Crippen LogP contribution < -0.4 is 5.32 Å². The molecule has 100 valence electrons. The zero-order valence-electron chi connectivity index (χ0n) is 11.4. The van der Waals surface area contributed by atoms with Gasteiger partial charge in [-0.15, -0.1) is 0 Å². The van der Waals surface area contributed by atoms with Crippen LogP contribution in [0.15, 0.2) is 18.5 Å². The molecule has 1 aromatic heterocycles. The first kappa shape index (κ1) is 14.5. The topological polar surface area (TPSA) is 51.1 Å². The van der Waals surface area contributed by atoms with E-state index in [0.717, 1.165) is 12.8 Å². The van der Waals surface area contributed by atoms with Crippen molar-refractivity contribution in [2.75, 3.05) is 0 Å². The third-order valence-electron chi connectivity index (χ3n) is 2.90. The molecule has 0 aromatic carbocycles. The summed E-state index contributed by atoms with van der Waals surface area (Å²) in [5.74, 6) is 0.119. The Labute approximate surface area is 108 Å². The summed E-state index contributed by atoms with van der Waals surface area (Å²) in [5.41, 5.74) is 0.688. The minimum Gasteiger partial charge on any atom is -0.352 e. The quantitative estimate of drug-likeness (QED) is 0.755. The van der Waals surface area contributed by atoms with Crippen LogP contribution in [0.25, 0.3) is 0 Å². The Morgan fingerprint density at radius 3 is 2.72 bits per heavy atom. The minimum atomic E-state index is -0.0190. The van der Waals surface area contributed by atoms with Crippen LogP contribution in [0.2, 0.25) is 0 Å². The predicted octanol–water partition coefficient (Wildman–Crippen LogP) is 2.39. The van der Waals surface area contributed by atoms with E-state index in [1.807, 2.05) is 20.8 Å². The van der Waals surface area contributed by atoms with E-state index in [2.05, 4.69) is 5.32 Å². The molecule has 1 rings (SSSR count). The fourth-order valence-electron chi connectivity index (χ4n) is 1.66. The molecular weight excluding hydrogens is 228 g/mol. The van der Waals surface area contributed by atoms with Crippen LogP contribution in [0.1, 0.15) is 50.4 Å². The molecule has 0 spiro atoms. The number of hydrogen-bond acceptors (Lipinski definition) is 2. The van der Waals surface area contributed by atoms with Gasteiger partial charge in [0.05, 0.1) is 0 Å². The molecule has 0 aliphatic heterocycles. The van der Waals surface area contributed by atoms with Crippen molar-refractivity contribution in [1.29, 1.82) is 0 Å². The van der Waals surface area contributed by atoms with Gasteiger partial charge in [0.15, 0.2) is 5.78 Å². The monoisotopic (exact) mass is 250 g/mol. The first-order valence-electron chi connectivity index (χ1n) is 6.55. The van der Waals surface area contributed by atoms with Crippen molar-refractivity contribution in [2.45, 2.75) is 52.6 Å². The van der Waals surface area contributed by atoms with E-state index in [-0.39, 0.29) is 24.3 Å². The molecule has 1 atom stereocenters. The first-order valence-corrected chi connectivity index (χ1v) is 6.55. The van der Waals surface area contributed by atoms with E-state index in [0.29, 0.717) is 12.0 Å². The third-order valence-corrected chi connectivity index (χ3v) is 2.90. The second-order valence-corrected chi connectivity index (χ2v) is 4.62. The van der Waals surface area contributed by atoms with Crippen molar-refractivity contribution in [3.8, 4) is 0 Å². The molecule has 0 radical (unpaired) electrons. The SMILES string of the molecule is CCCC(=O)c1ccn(CC(=O)NC(C)CC)c1. The zero-order valence-corrected chi connectivity index (χ0v) is 11.4. The van der Waals surface area contributed by atoms with Crippen LogP contribution in [-0.4, -0.2) is 22.3 Å². The zero-order chi connectivity index (χ0) is 13.5. The number of rotatable bonds is 7. The maximum absolute atomic E-state index is 11.7. The summed E-state index contributed by atoms with van der Waals surface area (Å²) in [7, 11) is 0. The van der Waals surface area contributed by atoms with Gasteiger partial charge in [0.2, 0.25) is 5.91 Å². The highest BCUT2D eigenvalue weighted by atomic mass is 16.2. The highest BCUT2D eigenvalue weighted by Gasteiger charge is 2.09. The number of Topliss-reactive ketones (excluding diaryl/α,β-unsaturated/α-hetero) is 1. The second kappa shape index (κ2) is 6.99. The molecule has 0 aliphatic rings. The fourth-order valence-corrected chi connectivity index (χ4v) is 1.66. The number of nitrogens with zero attached hydrogens (tertiary/aromatic N) is 1. The Morgan fingerprint density at radius 1 is 1.39 bits per heavy atom. The minimum absolute atomic E-state index is 0.0190. The van der Waals surface area contributed by atoms with E-state index in [1.165, 1.54) is 0 Å². The molecule has 0 bridgehead atoms. The molecule has 4 nitrogen and oxygen atoms in total. The van der Waals surface area contributed by atoms with E-state index in [9.17, 15) is 9.59 Å². The lowest BCUT2D eigenvalue weighted by molar-refractivity contribution is -0.122. The summed E-state index contributed by atoms with van der Waals surface area (Å²) in [6, 6.07) is 1.96. The Morgan fingerprint density at radius 2 is 2.11 bits per heavy atom. The van der Waals surface area contributed by atoms with Crippen molar-refractivity contribution < 1.29 is 9.59 Å². The molecule has 1 aromatic rings. The maximum Gasteiger partial charge on any atom is 0.240 e. The van der Waals surface area contributed by atoms with Gasteiger partial charge in [-0.1, -0.05) is 13.8 Å². The van der Waals surface area contributed by atoms with Gasteiger partial charge in [0.25, 0.3) is 0 Å². The molecule has 1 heterocycles. The van der Waals surface area contributed by atoms with Crippen LogP contribution in [0.5, 0.6) is 0 Å². The number of carbonyl (C=O) groups excluding carboxylic acids is 2. The molecule has 0 fully saturated rings. The molecule has 1 N–H and O–H groups in total. The van der Waals surface area contributed by atoms with Gasteiger partial charge < -0.3 is 9.88 Å². The van der Waals surface area contributed by atoms with E-state index >= 15 is 0 Å². The van der Waals surface area contributed by atoms with Gasteiger partial charge in [-0.3, -0.25) is 9.59 Å². The summed E-state index contributed by atoms with van der Waals surface area (Å²) in [6.07, 6.45) is 5.84. The first-order chi connectivity index (χ1) is 8.56. The smallest absolute Gasteiger partial charge is 0.240 e. The lowest BCUT2D eigenvalue weighted by Crippen LogP contribution is -2.34. The van der Waals surface area contributed by atoms with Crippen molar-refractivity contribution in [3.05, 3.63) is 24.0 Å². The number of ketones is 1. The summed E-state index contributed by atoms with van der Waals surface area (Å²) in [5, 5.41) is 2.90. The van der Waals surface area contributed by atoms with Gasteiger partial charge >= 0.3 is 0 Å². The summed E-state index contributed by atoms with van der Waals surface area (Å²) < 4.78 is 1.75. The van der Waals surface area contributed by atoms with Crippen LogP contribution in [-0.2, 0) is 11.3 Å². The van der Waals surface area contributed by atoms with Crippen molar-refractivity contribution in [1.82, 2.24) is 9.88 Å². The normalized spacial score (nSPS) is 12.2. The Balaban J connectivity index is 2.53. The molecule has 0 saturated carbocycles. The molecule has 1 amide bonds. The number of nitrogens with one attached hydrogen (secondary N) is 1. The fraction of sp³-hybridized carbons (Fsp3) is 0.571. The number of amides is 1.